The van der Waals surface area contributed by atoms with Crippen molar-refractivity contribution in [1.82, 2.24) is 4.72 Å². The molecular formula is C18H24N2O4S2. The molecule has 0 radical (unpaired) electrons. The van der Waals surface area contributed by atoms with Crippen LogP contribution in [0.1, 0.15) is 11.1 Å². The first-order valence-corrected chi connectivity index (χ1v) is 11.7. The van der Waals surface area contributed by atoms with Gasteiger partial charge in [-0.3, -0.25) is 4.31 Å². The van der Waals surface area contributed by atoms with Crippen molar-refractivity contribution in [2.75, 3.05) is 29.4 Å². The van der Waals surface area contributed by atoms with Gasteiger partial charge in [0.1, 0.15) is 0 Å². The molecule has 1 N–H and O–H groups in total. The predicted molar refractivity (Wildman–Crippen MR) is 105 cm³/mol. The molecule has 142 valence electrons. The van der Waals surface area contributed by atoms with Gasteiger partial charge in [-0.15, -0.1) is 0 Å². The van der Waals surface area contributed by atoms with Gasteiger partial charge < -0.3 is 0 Å². The molecule has 0 heterocycles. The van der Waals surface area contributed by atoms with Crippen LogP contribution >= 0.6 is 0 Å². The summed E-state index contributed by atoms with van der Waals surface area (Å²) in [6.45, 7) is 1.87. The molecule has 2 aromatic carbocycles. The monoisotopic (exact) mass is 396 g/mol. The van der Waals surface area contributed by atoms with Gasteiger partial charge in [0, 0.05) is 13.1 Å². The molecule has 2 aromatic rings. The summed E-state index contributed by atoms with van der Waals surface area (Å²) in [5.41, 5.74) is 2.30. The highest BCUT2D eigenvalue weighted by atomic mass is 32.2. The minimum Gasteiger partial charge on any atom is -0.269 e. The second-order valence-electron chi connectivity index (χ2n) is 6.07. The van der Waals surface area contributed by atoms with Crippen LogP contribution in [-0.4, -0.2) is 41.9 Å². The Morgan fingerprint density at radius 1 is 0.923 bits per heavy atom. The number of anilines is 1. The largest absolute Gasteiger partial charge is 0.269 e. The van der Waals surface area contributed by atoms with Crippen LogP contribution in [0.5, 0.6) is 0 Å². The van der Waals surface area contributed by atoms with Crippen LogP contribution in [0.2, 0.25) is 0 Å². The Morgan fingerprint density at radius 3 is 2.15 bits per heavy atom. The predicted octanol–water partition coefficient (Wildman–Crippen LogP) is 1.92. The van der Waals surface area contributed by atoms with E-state index in [-0.39, 0.29) is 18.8 Å². The van der Waals surface area contributed by atoms with E-state index in [1.54, 1.807) is 12.1 Å². The number of para-hydroxylation sites is 1. The van der Waals surface area contributed by atoms with E-state index < -0.39 is 20.0 Å². The normalized spacial score (nSPS) is 12.1. The van der Waals surface area contributed by atoms with Crippen LogP contribution in [0, 0.1) is 6.92 Å². The number of hydrogen-bond acceptors (Lipinski definition) is 4. The fourth-order valence-electron chi connectivity index (χ4n) is 2.58. The molecule has 0 unspecified atom stereocenters. The van der Waals surface area contributed by atoms with Crippen molar-refractivity contribution in [2.24, 2.45) is 0 Å². The van der Waals surface area contributed by atoms with Gasteiger partial charge >= 0.3 is 0 Å². The zero-order valence-corrected chi connectivity index (χ0v) is 16.6. The lowest BCUT2D eigenvalue weighted by atomic mass is 10.2. The van der Waals surface area contributed by atoms with Gasteiger partial charge in [0.15, 0.2) is 0 Å². The molecule has 0 aliphatic heterocycles. The van der Waals surface area contributed by atoms with Crippen LogP contribution in [0.4, 0.5) is 5.69 Å². The molecule has 0 bridgehead atoms. The number of aryl methyl sites for hydroxylation is 2. The second-order valence-corrected chi connectivity index (χ2v) is 9.90. The van der Waals surface area contributed by atoms with Crippen molar-refractivity contribution in [3.8, 4) is 0 Å². The molecule has 0 atom stereocenters. The number of nitrogens with zero attached hydrogens (tertiary/aromatic N) is 1. The molecular weight excluding hydrogens is 372 g/mol. The Kier molecular flexibility index (Phi) is 6.80. The van der Waals surface area contributed by atoms with E-state index in [2.05, 4.69) is 4.72 Å². The summed E-state index contributed by atoms with van der Waals surface area (Å²) in [7, 11) is -7.00. The van der Waals surface area contributed by atoms with Gasteiger partial charge in [-0.05, 0) is 30.5 Å². The smallest absolute Gasteiger partial charge is 0.232 e. The molecule has 0 aliphatic rings. The molecule has 0 amide bonds. The Hall–Kier alpha value is -1.90. The lowest BCUT2D eigenvalue weighted by Gasteiger charge is -2.24. The standard InChI is InChI=1S/C18H24N2O4S2/c1-16-8-6-7-11-18(16)20(25(2,21)22)14-13-19-26(23,24)15-12-17-9-4-3-5-10-17/h3-11,19H,12-15H2,1-2H3. The summed E-state index contributed by atoms with van der Waals surface area (Å²) < 4.78 is 52.2. The number of sulfonamides is 2. The van der Waals surface area contributed by atoms with E-state index in [0.717, 1.165) is 17.4 Å². The van der Waals surface area contributed by atoms with Crippen molar-refractivity contribution in [2.45, 2.75) is 13.3 Å². The number of benzene rings is 2. The van der Waals surface area contributed by atoms with Gasteiger partial charge in [-0.25, -0.2) is 21.6 Å². The topological polar surface area (TPSA) is 83.6 Å². The zero-order valence-electron chi connectivity index (χ0n) is 14.9. The molecule has 2 rings (SSSR count). The third-order valence-electron chi connectivity index (χ3n) is 3.92. The van der Waals surface area contributed by atoms with Gasteiger partial charge in [0.2, 0.25) is 20.0 Å². The van der Waals surface area contributed by atoms with Crippen molar-refractivity contribution >= 4 is 25.7 Å². The molecule has 0 aromatic heterocycles. The average Bonchev–Trinajstić information content (AvgIpc) is 2.58. The quantitative estimate of drug-likeness (QED) is 0.702. The lowest BCUT2D eigenvalue weighted by Crippen LogP contribution is -2.39. The number of nitrogens with one attached hydrogen (secondary N) is 1. The molecule has 0 spiro atoms. The maximum atomic E-state index is 12.2. The Balaban J connectivity index is 1.98. The Labute approximate surface area is 156 Å². The zero-order chi connectivity index (χ0) is 19.2. The van der Waals surface area contributed by atoms with Gasteiger partial charge in [-0.1, -0.05) is 48.5 Å². The Morgan fingerprint density at radius 2 is 1.54 bits per heavy atom. The number of rotatable bonds is 9. The average molecular weight is 397 g/mol. The molecule has 0 saturated carbocycles. The summed E-state index contributed by atoms with van der Waals surface area (Å²) in [5, 5.41) is 0. The molecule has 8 heteroatoms. The van der Waals surface area contributed by atoms with Gasteiger partial charge in [-0.2, -0.15) is 0 Å². The van der Waals surface area contributed by atoms with Crippen LogP contribution in [0.15, 0.2) is 54.6 Å². The fourth-order valence-corrected chi connectivity index (χ4v) is 4.62. The summed E-state index contributed by atoms with van der Waals surface area (Å²) in [4.78, 5) is 0. The van der Waals surface area contributed by atoms with E-state index in [1.807, 2.05) is 49.4 Å². The summed E-state index contributed by atoms with van der Waals surface area (Å²) in [6, 6.07) is 16.5. The van der Waals surface area contributed by atoms with Crippen molar-refractivity contribution in [3.05, 3.63) is 65.7 Å². The minimum atomic E-state index is -3.51. The highest BCUT2D eigenvalue weighted by molar-refractivity contribution is 7.92. The fraction of sp³-hybridized carbons (Fsp3) is 0.333. The highest BCUT2D eigenvalue weighted by Crippen LogP contribution is 2.21. The molecule has 6 nitrogen and oxygen atoms in total. The van der Waals surface area contributed by atoms with E-state index in [1.165, 1.54) is 4.31 Å². The van der Waals surface area contributed by atoms with E-state index in [0.29, 0.717) is 12.1 Å². The Bertz CT molecular complexity index is 927. The summed E-state index contributed by atoms with van der Waals surface area (Å²) in [6.07, 6.45) is 1.52. The minimum absolute atomic E-state index is 0.0124. The van der Waals surface area contributed by atoms with Crippen molar-refractivity contribution in [1.29, 1.82) is 0 Å². The van der Waals surface area contributed by atoms with Crippen molar-refractivity contribution < 1.29 is 16.8 Å². The first kappa shape index (κ1) is 20.4. The first-order chi connectivity index (χ1) is 12.2. The summed E-state index contributed by atoms with van der Waals surface area (Å²) >= 11 is 0. The van der Waals surface area contributed by atoms with E-state index in [4.69, 9.17) is 0 Å². The maximum Gasteiger partial charge on any atom is 0.232 e. The van der Waals surface area contributed by atoms with E-state index in [9.17, 15) is 16.8 Å². The lowest BCUT2D eigenvalue weighted by molar-refractivity contribution is 0.577. The van der Waals surface area contributed by atoms with Gasteiger partial charge in [0.05, 0.1) is 17.7 Å². The van der Waals surface area contributed by atoms with Crippen LogP contribution in [-0.2, 0) is 26.5 Å². The van der Waals surface area contributed by atoms with E-state index >= 15 is 0 Å². The van der Waals surface area contributed by atoms with Crippen LogP contribution in [0.3, 0.4) is 0 Å². The SMILES string of the molecule is Cc1ccccc1N(CCNS(=O)(=O)CCc1ccccc1)S(C)(=O)=O. The molecule has 0 aliphatic carbocycles. The summed E-state index contributed by atoms with van der Waals surface area (Å²) in [5.74, 6) is -0.0414. The third kappa shape index (κ3) is 6.12. The number of hydrogen-bond donors (Lipinski definition) is 1. The second kappa shape index (κ2) is 8.66. The van der Waals surface area contributed by atoms with Crippen molar-refractivity contribution in [3.63, 3.8) is 0 Å². The van der Waals surface area contributed by atoms with Gasteiger partial charge in [0.25, 0.3) is 0 Å². The maximum absolute atomic E-state index is 12.2. The first-order valence-electron chi connectivity index (χ1n) is 8.24. The van der Waals surface area contributed by atoms with Crippen LogP contribution < -0.4 is 9.03 Å². The molecule has 0 fully saturated rings. The molecule has 26 heavy (non-hydrogen) atoms. The highest BCUT2D eigenvalue weighted by Gasteiger charge is 2.19. The molecule has 0 saturated heterocycles. The third-order valence-corrected chi connectivity index (χ3v) is 6.49. The van der Waals surface area contributed by atoms with Crippen LogP contribution in [0.25, 0.3) is 0 Å².